The van der Waals surface area contributed by atoms with Crippen LogP contribution in [0.15, 0.2) is 60.2 Å². The van der Waals surface area contributed by atoms with Gasteiger partial charge in [0.15, 0.2) is 0 Å². The van der Waals surface area contributed by atoms with Gasteiger partial charge in [-0.05, 0) is 90.6 Å². The summed E-state index contributed by atoms with van der Waals surface area (Å²) in [7, 11) is 9.31. The highest BCUT2D eigenvalue weighted by molar-refractivity contribution is 5.98. The van der Waals surface area contributed by atoms with Crippen LogP contribution in [0.5, 0.6) is 0 Å². The van der Waals surface area contributed by atoms with Gasteiger partial charge in [0, 0.05) is 64.8 Å². The van der Waals surface area contributed by atoms with Crippen LogP contribution >= 0.6 is 0 Å². The molecule has 1 amide bonds. The summed E-state index contributed by atoms with van der Waals surface area (Å²) >= 11 is 0. The minimum absolute atomic E-state index is 0.0208. The van der Waals surface area contributed by atoms with Gasteiger partial charge in [-0.25, -0.2) is 0 Å². The number of nitriles is 1. The zero-order valence-electron chi connectivity index (χ0n) is 26.3. The molecule has 4 atom stereocenters. The van der Waals surface area contributed by atoms with Gasteiger partial charge in [-0.1, -0.05) is 31.4 Å². The number of hydrogen-bond acceptors (Lipinski definition) is 6. The zero-order valence-corrected chi connectivity index (χ0v) is 26.3. The number of hydrogen-bond donors (Lipinski definition) is 2. The molecule has 2 aromatic rings. The Labute approximate surface area is 256 Å². The summed E-state index contributed by atoms with van der Waals surface area (Å²) in [4.78, 5) is 23.4. The fourth-order valence-corrected chi connectivity index (χ4v) is 7.17. The number of carbonyl (C=O) groups excluding carboxylic acids is 1. The molecule has 0 spiro atoms. The van der Waals surface area contributed by atoms with Crippen LogP contribution in [0.4, 0.5) is 0 Å². The smallest absolute Gasteiger partial charge is 0.253 e. The van der Waals surface area contributed by atoms with Crippen molar-refractivity contribution in [2.45, 2.75) is 49.6 Å². The molecule has 226 valence electrons. The number of rotatable bonds is 10. The number of nitrogens with one attached hydrogen (secondary N) is 1. The van der Waals surface area contributed by atoms with E-state index >= 15 is 0 Å². The molecule has 43 heavy (non-hydrogen) atoms. The van der Waals surface area contributed by atoms with E-state index in [2.05, 4.69) is 58.7 Å². The average molecular weight is 580 g/mol. The number of piperidine rings is 1. The number of nitrogens with two attached hydrogens (primary N) is 1. The molecule has 2 unspecified atom stereocenters. The number of amidine groups is 1. The average Bonchev–Trinajstić information content (AvgIpc) is 3.70. The molecule has 1 saturated carbocycles. The minimum Gasteiger partial charge on any atom is -0.386 e. The van der Waals surface area contributed by atoms with Gasteiger partial charge in [0.25, 0.3) is 5.91 Å². The van der Waals surface area contributed by atoms with E-state index in [1.807, 2.05) is 31.1 Å². The molecule has 2 fully saturated rings. The van der Waals surface area contributed by atoms with Gasteiger partial charge in [0.05, 0.1) is 11.5 Å². The Morgan fingerprint density at radius 2 is 1.70 bits per heavy atom. The fraction of sp³-hybridized carbons (Fsp3) is 0.457. The van der Waals surface area contributed by atoms with Crippen molar-refractivity contribution in [3.05, 3.63) is 88.6 Å². The highest BCUT2D eigenvalue weighted by Gasteiger charge is 2.52. The van der Waals surface area contributed by atoms with Crippen LogP contribution < -0.4 is 11.1 Å². The third-order valence-electron chi connectivity index (χ3n) is 9.62. The van der Waals surface area contributed by atoms with E-state index in [9.17, 15) is 10.1 Å². The van der Waals surface area contributed by atoms with E-state index in [1.165, 1.54) is 5.56 Å². The van der Waals surface area contributed by atoms with Crippen molar-refractivity contribution < 1.29 is 4.79 Å². The maximum Gasteiger partial charge on any atom is 0.253 e. The first kappa shape index (κ1) is 30.4. The summed E-state index contributed by atoms with van der Waals surface area (Å²) in [5, 5.41) is 13.3. The highest BCUT2D eigenvalue weighted by Crippen LogP contribution is 2.49. The summed E-state index contributed by atoms with van der Waals surface area (Å²) in [6, 6.07) is 15.5. The van der Waals surface area contributed by atoms with Crippen molar-refractivity contribution in [3.63, 3.8) is 0 Å². The van der Waals surface area contributed by atoms with Gasteiger partial charge in [-0.3, -0.25) is 9.79 Å². The van der Waals surface area contributed by atoms with Crippen molar-refractivity contribution >= 4 is 17.4 Å². The lowest BCUT2D eigenvalue weighted by atomic mass is 9.68. The lowest BCUT2D eigenvalue weighted by molar-refractivity contribution is 0.0827. The first-order chi connectivity index (χ1) is 20.5. The molecular weight excluding hydrogens is 534 g/mol. The number of nitrogens with zero attached hydrogens (tertiary/aromatic N) is 5. The molecule has 3 aliphatic rings. The van der Waals surface area contributed by atoms with Crippen molar-refractivity contribution in [1.29, 1.82) is 5.26 Å². The zero-order chi connectivity index (χ0) is 31.1. The Hall–Kier alpha value is -4.09. The molecule has 1 saturated heterocycles. The number of aryl methyl sites for hydroxylation is 2. The molecule has 1 heterocycles. The number of amides is 1. The lowest BCUT2D eigenvalue weighted by Gasteiger charge is -2.37. The minimum atomic E-state index is -0.688. The fourth-order valence-electron chi connectivity index (χ4n) is 7.17. The quantitative estimate of drug-likeness (QED) is 0.253. The second-order valence-electron chi connectivity index (χ2n) is 12.6. The van der Waals surface area contributed by atoms with Crippen molar-refractivity contribution in [3.8, 4) is 6.07 Å². The van der Waals surface area contributed by atoms with Gasteiger partial charge in [0.1, 0.15) is 11.9 Å². The van der Waals surface area contributed by atoms with Crippen molar-refractivity contribution in [1.82, 2.24) is 20.0 Å². The maximum absolute atomic E-state index is 12.9. The molecule has 2 aliphatic carbocycles. The third kappa shape index (κ3) is 5.43. The number of likely N-dealkylation sites (tertiary alicyclic amines) is 1. The molecule has 3 N–H and O–H groups in total. The monoisotopic (exact) mass is 579 g/mol. The van der Waals surface area contributed by atoms with Gasteiger partial charge < -0.3 is 25.8 Å². The third-order valence-corrected chi connectivity index (χ3v) is 9.62. The van der Waals surface area contributed by atoms with Crippen LogP contribution in [0.25, 0.3) is 5.70 Å². The molecule has 0 bridgehead atoms. The standard InChI is InChI=1S/C35H45N7O/c1-22(42-29(20-36)18-28-19-32(28)42)21-39-15-14-35(34(37)38-3)30-12-10-24(23(2)40(4)5)16-25(30)8-9-26-17-27(11-13-31(26)35)33(43)41(6)7/h10-13,16-17,28-29,32,39H,1-2,8-9,14-15,18-19,21H2,3-7H3,(H2,37,38)/t28-,29?,32+,35?/m1/s1. The molecule has 8 heteroatoms. The first-order valence-corrected chi connectivity index (χ1v) is 15.2. The second-order valence-corrected chi connectivity index (χ2v) is 12.6. The van der Waals surface area contributed by atoms with Crippen LogP contribution in [0.2, 0.25) is 0 Å². The van der Waals surface area contributed by atoms with Crippen LogP contribution in [0.3, 0.4) is 0 Å². The molecular formula is C35H45N7O. The molecule has 8 nitrogen and oxygen atoms in total. The van der Waals surface area contributed by atoms with Gasteiger partial charge in [-0.2, -0.15) is 5.26 Å². The summed E-state index contributed by atoms with van der Waals surface area (Å²) in [5.41, 5.74) is 14.5. The van der Waals surface area contributed by atoms with E-state index in [4.69, 9.17) is 5.73 Å². The van der Waals surface area contributed by atoms with E-state index < -0.39 is 5.41 Å². The SMILES string of the molecule is C=C(c1ccc2c(c1)CCc1cc(C(=O)N(C)C)ccc1C2(CCNCC(=C)N1C(C#N)C[C@@H]2C[C@@H]21)C(N)=NC)N(C)C. The summed E-state index contributed by atoms with van der Waals surface area (Å²) in [6.07, 6.45) is 4.38. The van der Waals surface area contributed by atoms with E-state index in [0.717, 1.165) is 59.3 Å². The van der Waals surface area contributed by atoms with Crippen LogP contribution in [-0.4, -0.2) is 86.9 Å². The van der Waals surface area contributed by atoms with E-state index in [1.54, 1.807) is 26.0 Å². The van der Waals surface area contributed by atoms with E-state index in [0.29, 0.717) is 42.9 Å². The highest BCUT2D eigenvalue weighted by atomic mass is 16.2. The Kier molecular flexibility index (Phi) is 8.40. The van der Waals surface area contributed by atoms with Crippen LogP contribution in [-0.2, 0) is 18.3 Å². The van der Waals surface area contributed by atoms with Gasteiger partial charge >= 0.3 is 0 Å². The molecule has 2 aromatic carbocycles. The normalized spacial score (nSPS) is 23.8. The Bertz CT molecular complexity index is 1440. The predicted molar refractivity (Wildman–Crippen MR) is 174 cm³/mol. The molecule has 1 aliphatic heterocycles. The Morgan fingerprint density at radius 1 is 1.07 bits per heavy atom. The molecule has 5 rings (SSSR count). The number of benzene rings is 2. The van der Waals surface area contributed by atoms with Crippen molar-refractivity contribution in [2.24, 2.45) is 16.6 Å². The van der Waals surface area contributed by atoms with E-state index in [-0.39, 0.29) is 11.9 Å². The Morgan fingerprint density at radius 3 is 2.28 bits per heavy atom. The predicted octanol–water partition coefficient (Wildman–Crippen LogP) is 3.77. The lowest BCUT2D eigenvalue weighted by Crippen LogP contribution is -2.46. The molecule has 0 aromatic heterocycles. The van der Waals surface area contributed by atoms with Crippen LogP contribution in [0.1, 0.15) is 57.4 Å². The van der Waals surface area contributed by atoms with Crippen LogP contribution in [0, 0.1) is 17.2 Å². The summed E-state index contributed by atoms with van der Waals surface area (Å²) < 4.78 is 0. The number of aliphatic imine (C=N–C) groups is 1. The van der Waals surface area contributed by atoms with Gasteiger partial charge in [0.2, 0.25) is 0 Å². The Balaban J connectivity index is 1.52. The number of fused-ring (bicyclic) bond motifs is 3. The maximum atomic E-state index is 12.9. The van der Waals surface area contributed by atoms with Gasteiger partial charge in [-0.15, -0.1) is 0 Å². The number of carbonyl (C=O) groups is 1. The summed E-state index contributed by atoms with van der Waals surface area (Å²) in [6.45, 7) is 9.92. The topological polar surface area (TPSA) is 101 Å². The largest absolute Gasteiger partial charge is 0.386 e. The summed E-state index contributed by atoms with van der Waals surface area (Å²) in [5.74, 6) is 1.17. The second kappa shape index (κ2) is 11.9. The molecule has 0 radical (unpaired) electrons. The van der Waals surface area contributed by atoms with Crippen molar-refractivity contribution in [2.75, 3.05) is 48.3 Å². The first-order valence-electron chi connectivity index (χ1n) is 15.2.